The number of aryl methyl sites for hydroxylation is 1. The quantitative estimate of drug-likeness (QED) is 0.381. The Kier molecular flexibility index (Phi) is 4.47. The Hall–Kier alpha value is -2.21. The predicted octanol–water partition coefficient (Wildman–Crippen LogP) is 1.79. The molecule has 6 nitrogen and oxygen atoms in total. The summed E-state index contributed by atoms with van der Waals surface area (Å²) in [6.45, 7) is 0.490. The highest BCUT2D eigenvalue weighted by molar-refractivity contribution is 6.34. The number of amidine groups is 1. The summed E-state index contributed by atoms with van der Waals surface area (Å²) < 4.78 is 7.54. The summed E-state index contributed by atoms with van der Waals surface area (Å²) in [7, 11) is 1.94. The van der Waals surface area contributed by atoms with Crippen LogP contribution in [-0.2, 0) is 13.5 Å². The first kappa shape index (κ1) is 14.2. The van der Waals surface area contributed by atoms with E-state index in [-0.39, 0.29) is 5.84 Å². The lowest BCUT2D eigenvalue weighted by atomic mass is 10.2. The number of hydrogen-bond donors (Lipinski definition) is 2. The Morgan fingerprint density at radius 2 is 2.35 bits per heavy atom. The number of nitrogens with two attached hydrogens (primary N) is 1. The Morgan fingerprint density at radius 3 is 2.95 bits per heavy atom. The molecule has 0 bridgehead atoms. The third-order valence-electron chi connectivity index (χ3n) is 2.84. The second-order valence-corrected chi connectivity index (χ2v) is 4.59. The van der Waals surface area contributed by atoms with E-state index in [1.807, 2.05) is 17.8 Å². The van der Waals surface area contributed by atoms with Gasteiger partial charge in [-0.3, -0.25) is 0 Å². The van der Waals surface area contributed by atoms with E-state index in [1.165, 1.54) is 0 Å². The number of aromatic nitrogens is 2. The predicted molar refractivity (Wildman–Crippen MR) is 76.4 cm³/mol. The average Bonchev–Trinajstić information content (AvgIpc) is 2.84. The Balaban J connectivity index is 1.97. The molecule has 0 fully saturated rings. The number of imidazole rings is 1. The lowest BCUT2D eigenvalue weighted by Crippen LogP contribution is -2.13. The zero-order chi connectivity index (χ0) is 14.5. The molecule has 0 aliphatic carbocycles. The number of rotatable bonds is 5. The van der Waals surface area contributed by atoms with Gasteiger partial charge >= 0.3 is 0 Å². The summed E-state index contributed by atoms with van der Waals surface area (Å²) in [6, 6.07) is 5.00. The van der Waals surface area contributed by atoms with Crippen LogP contribution in [0.2, 0.25) is 5.02 Å². The van der Waals surface area contributed by atoms with Gasteiger partial charge in [-0.2, -0.15) is 0 Å². The van der Waals surface area contributed by atoms with E-state index in [0.717, 1.165) is 5.82 Å². The molecule has 3 N–H and O–H groups in total. The normalized spacial score (nSPS) is 11.6. The first-order chi connectivity index (χ1) is 9.61. The van der Waals surface area contributed by atoms with Crippen molar-refractivity contribution in [2.24, 2.45) is 17.9 Å². The van der Waals surface area contributed by atoms with Crippen LogP contribution < -0.4 is 10.5 Å². The summed E-state index contributed by atoms with van der Waals surface area (Å²) in [6.07, 6.45) is 4.33. The molecule has 0 spiro atoms. The standard InChI is InChI=1S/C13H15ClN4O2/c1-18-6-5-16-12(18)4-7-20-9-2-3-10(11(14)8-9)13(15)17-19/h2-3,5-6,8,19H,4,7H2,1H3,(H2,15,17). The van der Waals surface area contributed by atoms with Crippen LogP contribution in [0.25, 0.3) is 0 Å². The lowest BCUT2D eigenvalue weighted by Gasteiger charge is -2.08. The van der Waals surface area contributed by atoms with Crippen molar-refractivity contribution in [1.82, 2.24) is 9.55 Å². The summed E-state index contributed by atoms with van der Waals surface area (Å²) in [5, 5.41) is 11.9. The van der Waals surface area contributed by atoms with Gasteiger partial charge in [0.1, 0.15) is 11.6 Å². The maximum atomic E-state index is 8.62. The minimum absolute atomic E-state index is 0.0328. The molecule has 2 aromatic rings. The van der Waals surface area contributed by atoms with Crippen molar-refractivity contribution in [2.45, 2.75) is 6.42 Å². The molecule has 0 atom stereocenters. The van der Waals surface area contributed by atoms with E-state index in [9.17, 15) is 0 Å². The Labute approximate surface area is 121 Å². The molecule has 7 heteroatoms. The average molecular weight is 295 g/mol. The highest BCUT2D eigenvalue weighted by atomic mass is 35.5. The molecule has 0 radical (unpaired) electrons. The summed E-state index contributed by atoms with van der Waals surface area (Å²) >= 11 is 6.04. The molecule has 0 amide bonds. The SMILES string of the molecule is Cn1ccnc1CCOc1ccc(/C(N)=N/O)c(Cl)c1. The fraction of sp³-hybridized carbons (Fsp3) is 0.231. The Morgan fingerprint density at radius 1 is 1.55 bits per heavy atom. The molecule has 0 unspecified atom stereocenters. The maximum absolute atomic E-state index is 8.62. The van der Waals surface area contributed by atoms with Gasteiger partial charge in [0.15, 0.2) is 5.84 Å². The second kappa shape index (κ2) is 6.29. The fourth-order valence-electron chi connectivity index (χ4n) is 1.74. The topological polar surface area (TPSA) is 85.7 Å². The van der Waals surface area contributed by atoms with Gasteiger partial charge in [-0.05, 0) is 18.2 Å². The van der Waals surface area contributed by atoms with E-state index in [4.69, 9.17) is 27.3 Å². The molecule has 2 rings (SSSR count). The van der Waals surface area contributed by atoms with Gasteiger partial charge in [-0.25, -0.2) is 4.98 Å². The minimum Gasteiger partial charge on any atom is -0.493 e. The van der Waals surface area contributed by atoms with Crippen LogP contribution in [-0.4, -0.2) is 27.2 Å². The zero-order valence-corrected chi connectivity index (χ0v) is 11.7. The molecule has 20 heavy (non-hydrogen) atoms. The van der Waals surface area contributed by atoms with E-state index < -0.39 is 0 Å². The van der Waals surface area contributed by atoms with Gasteiger partial charge in [0.2, 0.25) is 0 Å². The van der Waals surface area contributed by atoms with Crippen LogP contribution in [0.1, 0.15) is 11.4 Å². The first-order valence-corrected chi connectivity index (χ1v) is 6.36. The smallest absolute Gasteiger partial charge is 0.171 e. The van der Waals surface area contributed by atoms with Crippen molar-refractivity contribution in [1.29, 1.82) is 0 Å². The highest BCUT2D eigenvalue weighted by Gasteiger charge is 2.07. The molecule has 0 saturated heterocycles. The number of halogens is 1. The van der Waals surface area contributed by atoms with Crippen molar-refractivity contribution in [2.75, 3.05) is 6.61 Å². The molecule has 0 aliphatic rings. The maximum Gasteiger partial charge on any atom is 0.171 e. The number of nitrogens with zero attached hydrogens (tertiary/aromatic N) is 3. The third kappa shape index (κ3) is 3.21. The van der Waals surface area contributed by atoms with Crippen molar-refractivity contribution >= 4 is 17.4 Å². The van der Waals surface area contributed by atoms with Crippen LogP contribution in [0, 0.1) is 0 Å². The van der Waals surface area contributed by atoms with Crippen LogP contribution in [0.3, 0.4) is 0 Å². The van der Waals surface area contributed by atoms with Crippen molar-refractivity contribution in [3.8, 4) is 5.75 Å². The van der Waals surface area contributed by atoms with E-state index in [0.29, 0.717) is 29.4 Å². The number of benzene rings is 1. The first-order valence-electron chi connectivity index (χ1n) is 5.98. The molecule has 0 aliphatic heterocycles. The van der Waals surface area contributed by atoms with Crippen LogP contribution >= 0.6 is 11.6 Å². The van der Waals surface area contributed by atoms with E-state index >= 15 is 0 Å². The van der Waals surface area contributed by atoms with Gasteiger partial charge < -0.3 is 20.2 Å². The highest BCUT2D eigenvalue weighted by Crippen LogP contribution is 2.22. The Bertz CT molecular complexity index is 625. The zero-order valence-electron chi connectivity index (χ0n) is 11.0. The molecule has 0 saturated carbocycles. The lowest BCUT2D eigenvalue weighted by molar-refractivity contribution is 0.317. The number of ether oxygens (including phenoxy) is 1. The molecule has 106 valence electrons. The largest absolute Gasteiger partial charge is 0.493 e. The van der Waals surface area contributed by atoms with E-state index in [2.05, 4.69) is 10.1 Å². The monoisotopic (exact) mass is 294 g/mol. The van der Waals surface area contributed by atoms with Crippen molar-refractivity contribution < 1.29 is 9.94 Å². The molecule has 1 aromatic carbocycles. The molecular formula is C13H15ClN4O2. The molecule has 1 aromatic heterocycles. The summed E-state index contributed by atoms with van der Waals surface area (Å²) in [5.41, 5.74) is 5.95. The van der Waals surface area contributed by atoms with Gasteiger partial charge in [-0.15, -0.1) is 0 Å². The number of oxime groups is 1. The molecule has 1 heterocycles. The van der Waals surface area contributed by atoms with Gasteiger partial charge in [0.05, 0.1) is 11.6 Å². The summed E-state index contributed by atoms with van der Waals surface area (Å²) in [5.74, 6) is 1.54. The van der Waals surface area contributed by atoms with Gasteiger partial charge in [0.25, 0.3) is 0 Å². The van der Waals surface area contributed by atoms with Crippen LogP contribution in [0.4, 0.5) is 0 Å². The minimum atomic E-state index is -0.0328. The second-order valence-electron chi connectivity index (χ2n) is 4.18. The van der Waals surface area contributed by atoms with Crippen LogP contribution in [0.5, 0.6) is 5.75 Å². The summed E-state index contributed by atoms with van der Waals surface area (Å²) in [4.78, 5) is 4.21. The van der Waals surface area contributed by atoms with Crippen molar-refractivity contribution in [3.05, 3.63) is 47.0 Å². The third-order valence-corrected chi connectivity index (χ3v) is 3.15. The number of hydrogen-bond acceptors (Lipinski definition) is 4. The fourth-order valence-corrected chi connectivity index (χ4v) is 2.01. The van der Waals surface area contributed by atoms with Gasteiger partial charge in [0, 0.05) is 31.4 Å². The van der Waals surface area contributed by atoms with Crippen LogP contribution in [0.15, 0.2) is 35.7 Å². The molecular weight excluding hydrogens is 280 g/mol. The van der Waals surface area contributed by atoms with E-state index in [1.54, 1.807) is 24.4 Å². The van der Waals surface area contributed by atoms with Crippen molar-refractivity contribution in [3.63, 3.8) is 0 Å². The van der Waals surface area contributed by atoms with Gasteiger partial charge in [-0.1, -0.05) is 16.8 Å².